The highest BCUT2D eigenvalue weighted by molar-refractivity contribution is 5.88. The van der Waals surface area contributed by atoms with Gasteiger partial charge in [0, 0.05) is 45.0 Å². The standard InChI is InChI=1S/C17H26N6O3/c24-15-18-6-9-21(15)10-11-23-8-3-14(20-23)19-16(25)22-7-1-4-17(13-22)5-2-12-26-17/h3,8H,1-2,4-7,9-13H2,(H,18,24)(H,19,20,25). The van der Waals surface area contributed by atoms with E-state index >= 15 is 0 Å². The van der Waals surface area contributed by atoms with Gasteiger partial charge in [-0.15, -0.1) is 0 Å². The molecule has 3 aliphatic rings. The number of carbonyl (C=O) groups is 2. The Labute approximate surface area is 152 Å². The molecule has 26 heavy (non-hydrogen) atoms. The molecule has 0 saturated carbocycles. The van der Waals surface area contributed by atoms with Crippen LogP contribution in [0.15, 0.2) is 12.3 Å². The summed E-state index contributed by atoms with van der Waals surface area (Å²) in [6, 6.07) is 1.64. The highest BCUT2D eigenvalue weighted by atomic mass is 16.5. The second-order valence-corrected chi connectivity index (χ2v) is 7.27. The Morgan fingerprint density at radius 3 is 2.96 bits per heavy atom. The van der Waals surface area contributed by atoms with Gasteiger partial charge in [0.1, 0.15) is 0 Å². The van der Waals surface area contributed by atoms with Gasteiger partial charge in [-0.05, 0) is 25.7 Å². The number of rotatable bonds is 4. The fraction of sp³-hybridized carbons (Fsp3) is 0.706. The number of ether oxygens (including phenoxy) is 1. The second-order valence-electron chi connectivity index (χ2n) is 7.27. The number of nitrogens with zero attached hydrogens (tertiary/aromatic N) is 4. The topological polar surface area (TPSA) is 91.7 Å². The number of carbonyl (C=O) groups excluding carboxylic acids is 2. The van der Waals surface area contributed by atoms with E-state index in [1.165, 1.54) is 0 Å². The van der Waals surface area contributed by atoms with Gasteiger partial charge in [-0.2, -0.15) is 5.10 Å². The largest absolute Gasteiger partial charge is 0.373 e. The van der Waals surface area contributed by atoms with Crippen molar-refractivity contribution in [2.45, 2.75) is 37.8 Å². The Hall–Kier alpha value is -2.29. The number of likely N-dealkylation sites (tertiary alicyclic amines) is 1. The molecule has 9 nitrogen and oxygen atoms in total. The molecule has 1 aromatic rings. The zero-order valence-corrected chi connectivity index (χ0v) is 14.9. The van der Waals surface area contributed by atoms with Crippen LogP contribution in [0.1, 0.15) is 25.7 Å². The van der Waals surface area contributed by atoms with E-state index in [0.717, 1.165) is 45.4 Å². The van der Waals surface area contributed by atoms with Crippen LogP contribution >= 0.6 is 0 Å². The molecule has 4 heterocycles. The van der Waals surface area contributed by atoms with Crippen molar-refractivity contribution in [3.63, 3.8) is 0 Å². The van der Waals surface area contributed by atoms with Crippen molar-refractivity contribution < 1.29 is 14.3 Å². The molecule has 2 N–H and O–H groups in total. The quantitative estimate of drug-likeness (QED) is 0.839. The summed E-state index contributed by atoms with van der Waals surface area (Å²) in [4.78, 5) is 27.7. The second kappa shape index (κ2) is 7.14. The average Bonchev–Trinajstić information content (AvgIpc) is 3.36. The number of hydrogen-bond donors (Lipinski definition) is 2. The van der Waals surface area contributed by atoms with Crippen LogP contribution in [0.5, 0.6) is 0 Å². The summed E-state index contributed by atoms with van der Waals surface area (Å²) in [7, 11) is 0. The summed E-state index contributed by atoms with van der Waals surface area (Å²) in [5, 5.41) is 10.0. The molecule has 0 bridgehead atoms. The number of nitrogens with one attached hydrogen (secondary N) is 2. The van der Waals surface area contributed by atoms with Crippen molar-refractivity contribution in [2.75, 3.05) is 44.6 Å². The zero-order valence-electron chi connectivity index (χ0n) is 14.9. The molecule has 3 saturated heterocycles. The van der Waals surface area contributed by atoms with Gasteiger partial charge in [0.05, 0.1) is 18.7 Å². The Morgan fingerprint density at radius 1 is 1.31 bits per heavy atom. The summed E-state index contributed by atoms with van der Waals surface area (Å²) >= 11 is 0. The van der Waals surface area contributed by atoms with E-state index in [4.69, 9.17) is 4.74 Å². The predicted octanol–water partition coefficient (Wildman–Crippen LogP) is 1.09. The number of anilines is 1. The van der Waals surface area contributed by atoms with E-state index < -0.39 is 0 Å². The minimum Gasteiger partial charge on any atom is -0.373 e. The first kappa shape index (κ1) is 17.1. The number of amides is 4. The van der Waals surface area contributed by atoms with Gasteiger partial charge in [-0.1, -0.05) is 0 Å². The Morgan fingerprint density at radius 2 is 2.19 bits per heavy atom. The first-order chi connectivity index (χ1) is 12.6. The van der Waals surface area contributed by atoms with Gasteiger partial charge in [0.2, 0.25) is 0 Å². The Bertz CT molecular complexity index is 669. The molecule has 1 atom stereocenters. The van der Waals surface area contributed by atoms with E-state index in [1.54, 1.807) is 15.6 Å². The first-order valence-corrected chi connectivity index (χ1v) is 9.40. The molecule has 1 spiro atoms. The van der Waals surface area contributed by atoms with Crippen molar-refractivity contribution in [1.29, 1.82) is 0 Å². The van der Waals surface area contributed by atoms with Gasteiger partial charge in [0.25, 0.3) is 0 Å². The van der Waals surface area contributed by atoms with E-state index in [-0.39, 0.29) is 17.7 Å². The molecule has 0 radical (unpaired) electrons. The summed E-state index contributed by atoms with van der Waals surface area (Å²) in [5.74, 6) is 0.535. The molecule has 142 valence electrons. The molecule has 9 heteroatoms. The van der Waals surface area contributed by atoms with Gasteiger partial charge >= 0.3 is 12.1 Å². The maximum Gasteiger partial charge on any atom is 0.323 e. The third kappa shape index (κ3) is 3.62. The number of piperidine rings is 1. The minimum absolute atomic E-state index is 0.0289. The molecule has 3 aliphatic heterocycles. The highest BCUT2D eigenvalue weighted by Gasteiger charge is 2.40. The van der Waals surface area contributed by atoms with Crippen LogP contribution in [-0.4, -0.2) is 76.6 Å². The third-order valence-corrected chi connectivity index (χ3v) is 5.43. The zero-order chi connectivity index (χ0) is 18.0. The number of aromatic nitrogens is 2. The SMILES string of the molecule is O=C1NCCN1CCn1ccc(NC(=O)N2CCCC3(CCCO3)C2)n1. The van der Waals surface area contributed by atoms with Crippen molar-refractivity contribution in [1.82, 2.24) is 24.9 Å². The smallest absolute Gasteiger partial charge is 0.323 e. The van der Waals surface area contributed by atoms with Gasteiger partial charge in [-0.3, -0.25) is 10.00 Å². The maximum atomic E-state index is 12.6. The lowest BCUT2D eigenvalue weighted by molar-refractivity contribution is -0.0396. The molecule has 3 fully saturated rings. The summed E-state index contributed by atoms with van der Waals surface area (Å²) in [6.45, 7) is 4.83. The van der Waals surface area contributed by atoms with E-state index in [2.05, 4.69) is 15.7 Å². The molecule has 0 aliphatic carbocycles. The van der Waals surface area contributed by atoms with Crippen LogP contribution in [0.3, 0.4) is 0 Å². The first-order valence-electron chi connectivity index (χ1n) is 9.40. The Balaban J connectivity index is 1.29. The van der Waals surface area contributed by atoms with Crippen LogP contribution < -0.4 is 10.6 Å². The lowest BCUT2D eigenvalue weighted by Gasteiger charge is -2.39. The van der Waals surface area contributed by atoms with Crippen LogP contribution in [0.4, 0.5) is 15.4 Å². The van der Waals surface area contributed by atoms with Gasteiger partial charge in [0.15, 0.2) is 5.82 Å². The van der Waals surface area contributed by atoms with Crippen LogP contribution in [0, 0.1) is 0 Å². The lowest BCUT2D eigenvalue weighted by Crippen LogP contribution is -2.51. The molecular weight excluding hydrogens is 336 g/mol. The average molecular weight is 362 g/mol. The van der Waals surface area contributed by atoms with E-state index in [0.29, 0.717) is 32.0 Å². The fourth-order valence-corrected chi connectivity index (χ4v) is 4.04. The van der Waals surface area contributed by atoms with Crippen molar-refractivity contribution in [3.05, 3.63) is 12.3 Å². The van der Waals surface area contributed by atoms with Crippen LogP contribution in [0.2, 0.25) is 0 Å². The van der Waals surface area contributed by atoms with E-state index in [1.807, 2.05) is 11.1 Å². The molecular formula is C17H26N6O3. The number of hydrogen-bond acceptors (Lipinski definition) is 4. The van der Waals surface area contributed by atoms with Crippen molar-refractivity contribution in [3.8, 4) is 0 Å². The van der Waals surface area contributed by atoms with E-state index in [9.17, 15) is 9.59 Å². The lowest BCUT2D eigenvalue weighted by atomic mass is 9.90. The molecule has 1 aromatic heterocycles. The molecule has 1 unspecified atom stereocenters. The Kier molecular flexibility index (Phi) is 4.71. The monoisotopic (exact) mass is 362 g/mol. The maximum absolute atomic E-state index is 12.6. The predicted molar refractivity (Wildman–Crippen MR) is 94.9 cm³/mol. The summed E-state index contributed by atoms with van der Waals surface area (Å²) in [6.07, 6.45) is 5.95. The van der Waals surface area contributed by atoms with Crippen LogP contribution in [0.25, 0.3) is 0 Å². The number of urea groups is 2. The highest BCUT2D eigenvalue weighted by Crippen LogP contribution is 2.34. The molecule has 4 amide bonds. The van der Waals surface area contributed by atoms with Gasteiger partial charge in [-0.25, -0.2) is 9.59 Å². The van der Waals surface area contributed by atoms with Gasteiger partial charge < -0.3 is 19.9 Å². The van der Waals surface area contributed by atoms with Crippen molar-refractivity contribution in [2.24, 2.45) is 0 Å². The van der Waals surface area contributed by atoms with Crippen molar-refractivity contribution >= 4 is 17.9 Å². The third-order valence-electron chi connectivity index (χ3n) is 5.43. The molecule has 0 aromatic carbocycles. The normalized spacial score (nSPS) is 25.8. The van der Waals surface area contributed by atoms with Crippen LogP contribution in [-0.2, 0) is 11.3 Å². The summed E-state index contributed by atoms with van der Waals surface area (Å²) < 4.78 is 7.68. The fourth-order valence-electron chi connectivity index (χ4n) is 4.04. The molecule has 4 rings (SSSR count). The minimum atomic E-state index is -0.134. The summed E-state index contributed by atoms with van der Waals surface area (Å²) in [5.41, 5.74) is -0.134.